The van der Waals surface area contributed by atoms with Crippen LogP contribution in [0, 0.1) is 0 Å². The summed E-state index contributed by atoms with van der Waals surface area (Å²) in [5, 5.41) is 3.68. The molecule has 0 fully saturated rings. The van der Waals surface area contributed by atoms with Crippen LogP contribution in [0.1, 0.15) is 22.1 Å². The minimum Gasteiger partial charge on any atom is -0.331 e. The standard InChI is InChI=1S/C13H16N4O3S2/c1-22(19,20)15-5-12-7-16(6-11-4-14-9-17(11)12)13(18)10-2-3-21-8-10/h2-4,8-9,12,15H,5-7H2,1H3/t12-/m0/s1. The number of imidazole rings is 1. The van der Waals surface area contributed by atoms with E-state index < -0.39 is 10.0 Å². The molecule has 1 N–H and O–H groups in total. The molecule has 1 aliphatic rings. The largest absolute Gasteiger partial charge is 0.331 e. The number of thiophene rings is 1. The summed E-state index contributed by atoms with van der Waals surface area (Å²) < 4.78 is 27.1. The Morgan fingerprint density at radius 1 is 1.55 bits per heavy atom. The van der Waals surface area contributed by atoms with Crippen molar-refractivity contribution >= 4 is 27.3 Å². The molecule has 7 nitrogen and oxygen atoms in total. The lowest BCUT2D eigenvalue weighted by atomic mass is 10.1. The molecule has 1 atom stereocenters. The van der Waals surface area contributed by atoms with Crippen LogP contribution in [-0.2, 0) is 16.6 Å². The van der Waals surface area contributed by atoms with Crippen molar-refractivity contribution in [3.8, 4) is 0 Å². The fraction of sp³-hybridized carbons (Fsp3) is 0.385. The van der Waals surface area contributed by atoms with Crippen LogP contribution < -0.4 is 4.72 Å². The number of aromatic nitrogens is 2. The van der Waals surface area contributed by atoms with E-state index in [0.29, 0.717) is 18.7 Å². The van der Waals surface area contributed by atoms with E-state index in [1.54, 1.807) is 23.5 Å². The number of nitrogens with zero attached hydrogens (tertiary/aromatic N) is 3. The summed E-state index contributed by atoms with van der Waals surface area (Å²) in [5.41, 5.74) is 1.56. The van der Waals surface area contributed by atoms with E-state index >= 15 is 0 Å². The summed E-state index contributed by atoms with van der Waals surface area (Å²) in [5.74, 6) is -0.0435. The molecule has 118 valence electrons. The van der Waals surface area contributed by atoms with E-state index in [4.69, 9.17) is 0 Å². The van der Waals surface area contributed by atoms with Crippen molar-refractivity contribution in [1.82, 2.24) is 19.2 Å². The highest BCUT2D eigenvalue weighted by atomic mass is 32.2. The van der Waals surface area contributed by atoms with Gasteiger partial charge in [0.1, 0.15) is 0 Å². The summed E-state index contributed by atoms with van der Waals surface area (Å²) in [6, 6.07) is 1.63. The van der Waals surface area contributed by atoms with Crippen LogP contribution in [0.3, 0.4) is 0 Å². The van der Waals surface area contributed by atoms with Gasteiger partial charge < -0.3 is 9.47 Å². The number of hydrogen-bond acceptors (Lipinski definition) is 5. The van der Waals surface area contributed by atoms with Crippen molar-refractivity contribution in [2.45, 2.75) is 12.6 Å². The quantitative estimate of drug-likeness (QED) is 0.887. The number of fused-ring (bicyclic) bond motifs is 1. The smallest absolute Gasteiger partial charge is 0.255 e. The third-order valence-electron chi connectivity index (χ3n) is 3.56. The summed E-state index contributed by atoms with van der Waals surface area (Å²) in [6.45, 7) is 1.15. The lowest BCUT2D eigenvalue weighted by molar-refractivity contribution is 0.0681. The first-order valence-corrected chi connectivity index (χ1v) is 9.54. The number of carbonyl (C=O) groups is 1. The van der Waals surface area contributed by atoms with Gasteiger partial charge in [-0.05, 0) is 11.4 Å². The molecule has 1 amide bonds. The number of amides is 1. The summed E-state index contributed by atoms with van der Waals surface area (Å²) >= 11 is 1.48. The minimum atomic E-state index is -3.28. The molecule has 0 aromatic carbocycles. The highest BCUT2D eigenvalue weighted by Crippen LogP contribution is 2.22. The van der Waals surface area contributed by atoms with Gasteiger partial charge in [-0.25, -0.2) is 18.1 Å². The van der Waals surface area contributed by atoms with Crippen molar-refractivity contribution in [2.24, 2.45) is 0 Å². The van der Waals surface area contributed by atoms with Crippen LogP contribution in [0.2, 0.25) is 0 Å². The Hall–Kier alpha value is -1.71. The van der Waals surface area contributed by atoms with Crippen molar-refractivity contribution < 1.29 is 13.2 Å². The van der Waals surface area contributed by atoms with Gasteiger partial charge in [0.05, 0.1) is 36.4 Å². The summed E-state index contributed by atoms with van der Waals surface area (Å²) in [6.07, 6.45) is 4.51. The predicted octanol–water partition coefficient (Wildman–Crippen LogP) is 0.691. The maximum atomic E-state index is 12.5. The second kappa shape index (κ2) is 5.82. The molecule has 0 aliphatic carbocycles. The first-order chi connectivity index (χ1) is 10.4. The van der Waals surface area contributed by atoms with E-state index in [1.807, 2.05) is 15.3 Å². The van der Waals surface area contributed by atoms with E-state index in [-0.39, 0.29) is 18.5 Å². The van der Waals surface area contributed by atoms with Crippen molar-refractivity contribution in [3.05, 3.63) is 40.6 Å². The van der Waals surface area contributed by atoms with Gasteiger partial charge in [-0.2, -0.15) is 11.3 Å². The van der Waals surface area contributed by atoms with E-state index in [9.17, 15) is 13.2 Å². The normalized spacial score (nSPS) is 18.2. The molecule has 9 heteroatoms. The maximum absolute atomic E-state index is 12.5. The highest BCUT2D eigenvalue weighted by molar-refractivity contribution is 7.88. The van der Waals surface area contributed by atoms with Crippen LogP contribution in [0.5, 0.6) is 0 Å². The molecule has 0 radical (unpaired) electrons. The topological polar surface area (TPSA) is 84.3 Å². The van der Waals surface area contributed by atoms with Gasteiger partial charge in [-0.3, -0.25) is 4.79 Å². The molecule has 0 spiro atoms. The number of sulfonamides is 1. The van der Waals surface area contributed by atoms with Gasteiger partial charge in [0.15, 0.2) is 0 Å². The number of carbonyl (C=O) groups excluding carboxylic acids is 1. The van der Waals surface area contributed by atoms with Gasteiger partial charge in [0.2, 0.25) is 10.0 Å². The Morgan fingerprint density at radius 3 is 3.05 bits per heavy atom. The molecule has 2 aromatic heterocycles. The second-order valence-corrected chi connectivity index (χ2v) is 7.88. The van der Waals surface area contributed by atoms with Crippen molar-refractivity contribution in [1.29, 1.82) is 0 Å². The number of hydrogen-bond donors (Lipinski definition) is 1. The summed E-state index contributed by atoms with van der Waals surface area (Å²) in [7, 11) is -3.28. The number of rotatable bonds is 4. The van der Waals surface area contributed by atoms with Crippen LogP contribution in [0.15, 0.2) is 29.4 Å². The Morgan fingerprint density at radius 2 is 2.36 bits per heavy atom. The van der Waals surface area contributed by atoms with Crippen LogP contribution in [-0.4, -0.2) is 48.1 Å². The third kappa shape index (κ3) is 3.21. The lowest BCUT2D eigenvalue weighted by Crippen LogP contribution is -2.44. The number of nitrogens with one attached hydrogen (secondary N) is 1. The minimum absolute atomic E-state index is 0.0435. The van der Waals surface area contributed by atoms with Crippen LogP contribution in [0.25, 0.3) is 0 Å². The molecule has 0 unspecified atom stereocenters. The Kier molecular flexibility index (Phi) is 4.02. The second-order valence-electron chi connectivity index (χ2n) is 5.26. The van der Waals surface area contributed by atoms with Gasteiger partial charge in [-0.15, -0.1) is 0 Å². The molecule has 3 heterocycles. The molecule has 0 bridgehead atoms. The lowest BCUT2D eigenvalue weighted by Gasteiger charge is -2.34. The zero-order chi connectivity index (χ0) is 15.7. The molecule has 22 heavy (non-hydrogen) atoms. The summed E-state index contributed by atoms with van der Waals surface area (Å²) in [4.78, 5) is 18.3. The SMILES string of the molecule is CS(=O)(=O)NC[C@H]1CN(C(=O)c2ccsc2)Cc2cncn21. The van der Waals surface area contributed by atoms with Crippen molar-refractivity contribution in [2.75, 3.05) is 19.3 Å². The van der Waals surface area contributed by atoms with Gasteiger partial charge in [0, 0.05) is 24.7 Å². The molecule has 2 aromatic rings. The Bertz CT molecular complexity index is 767. The Labute approximate surface area is 132 Å². The molecule has 0 saturated carbocycles. The molecular weight excluding hydrogens is 324 g/mol. The van der Waals surface area contributed by atoms with E-state index in [1.165, 1.54) is 11.3 Å². The van der Waals surface area contributed by atoms with Crippen molar-refractivity contribution in [3.63, 3.8) is 0 Å². The van der Waals surface area contributed by atoms with Gasteiger partial charge in [0.25, 0.3) is 5.91 Å². The molecule has 1 aliphatic heterocycles. The first-order valence-electron chi connectivity index (χ1n) is 6.71. The monoisotopic (exact) mass is 340 g/mol. The average molecular weight is 340 g/mol. The molecule has 3 rings (SSSR count). The maximum Gasteiger partial charge on any atom is 0.255 e. The van der Waals surface area contributed by atoms with E-state index in [0.717, 1.165) is 11.9 Å². The van der Waals surface area contributed by atoms with Gasteiger partial charge >= 0.3 is 0 Å². The fourth-order valence-corrected chi connectivity index (χ4v) is 3.64. The van der Waals surface area contributed by atoms with Crippen LogP contribution >= 0.6 is 11.3 Å². The third-order valence-corrected chi connectivity index (χ3v) is 4.93. The Balaban J connectivity index is 1.81. The fourth-order valence-electron chi connectivity index (χ4n) is 2.52. The average Bonchev–Trinajstić information content (AvgIpc) is 3.13. The highest BCUT2D eigenvalue weighted by Gasteiger charge is 2.29. The van der Waals surface area contributed by atoms with E-state index in [2.05, 4.69) is 9.71 Å². The first kappa shape index (κ1) is 15.2. The molecule has 0 saturated heterocycles. The zero-order valence-corrected chi connectivity index (χ0v) is 13.6. The van der Waals surface area contributed by atoms with Gasteiger partial charge in [-0.1, -0.05) is 0 Å². The zero-order valence-electron chi connectivity index (χ0n) is 12.0. The molecular formula is C13H16N4O3S2. The van der Waals surface area contributed by atoms with Crippen LogP contribution in [0.4, 0.5) is 0 Å². The predicted molar refractivity (Wildman–Crippen MR) is 83.2 cm³/mol.